The van der Waals surface area contributed by atoms with Crippen molar-refractivity contribution in [1.82, 2.24) is 9.88 Å². The molecule has 1 heterocycles. The molecule has 0 atom stereocenters. The first-order valence-electron chi connectivity index (χ1n) is 6.29. The van der Waals surface area contributed by atoms with Crippen molar-refractivity contribution < 1.29 is 4.74 Å². The van der Waals surface area contributed by atoms with E-state index in [2.05, 4.69) is 54.0 Å². The molecule has 0 saturated carbocycles. The molecule has 0 spiro atoms. The maximum atomic E-state index is 5.08. The average molecular weight is 244 g/mol. The van der Waals surface area contributed by atoms with E-state index < -0.39 is 0 Å². The fourth-order valence-corrected chi connectivity index (χ4v) is 2.15. The van der Waals surface area contributed by atoms with Crippen molar-refractivity contribution in [3.05, 3.63) is 48.9 Å². The van der Waals surface area contributed by atoms with Gasteiger partial charge in [0.25, 0.3) is 0 Å². The summed E-state index contributed by atoms with van der Waals surface area (Å²) in [5.74, 6) is 0. The zero-order valence-electron chi connectivity index (χ0n) is 10.9. The van der Waals surface area contributed by atoms with Gasteiger partial charge in [0.15, 0.2) is 0 Å². The van der Waals surface area contributed by atoms with E-state index in [1.54, 1.807) is 0 Å². The number of nitrogens with zero attached hydrogens (tertiary/aromatic N) is 1. The zero-order valence-corrected chi connectivity index (χ0v) is 10.9. The number of benzene rings is 1. The highest BCUT2D eigenvalue weighted by Crippen LogP contribution is 2.19. The van der Waals surface area contributed by atoms with Crippen LogP contribution in [0.25, 0.3) is 10.9 Å². The number of ether oxygens (including phenoxy) is 1. The molecular weight excluding hydrogens is 224 g/mol. The van der Waals surface area contributed by atoms with Crippen LogP contribution < -0.4 is 5.32 Å². The lowest BCUT2D eigenvalue weighted by Crippen LogP contribution is -2.15. The molecule has 0 radical (unpaired) electrons. The predicted molar refractivity (Wildman–Crippen MR) is 75.4 cm³/mol. The van der Waals surface area contributed by atoms with Crippen molar-refractivity contribution in [1.29, 1.82) is 0 Å². The summed E-state index contributed by atoms with van der Waals surface area (Å²) < 4.78 is 7.25. The fourth-order valence-electron chi connectivity index (χ4n) is 2.15. The molecule has 0 amide bonds. The molecule has 1 aromatic carbocycles. The minimum absolute atomic E-state index is 0.728. The molecule has 2 rings (SSSR count). The van der Waals surface area contributed by atoms with Crippen molar-refractivity contribution in [2.45, 2.75) is 13.0 Å². The van der Waals surface area contributed by atoms with E-state index in [1.807, 2.05) is 0 Å². The van der Waals surface area contributed by atoms with Crippen LogP contribution in [0.1, 0.15) is 12.0 Å². The van der Waals surface area contributed by atoms with Crippen molar-refractivity contribution >= 4 is 10.9 Å². The van der Waals surface area contributed by atoms with Crippen LogP contribution in [0, 0.1) is 0 Å². The Balaban J connectivity index is 1.90. The van der Waals surface area contributed by atoms with E-state index in [4.69, 9.17) is 4.74 Å². The van der Waals surface area contributed by atoms with Gasteiger partial charge in [-0.25, -0.2) is 0 Å². The van der Waals surface area contributed by atoms with E-state index in [9.17, 15) is 0 Å². The minimum Gasteiger partial charge on any atom is -0.502 e. The largest absolute Gasteiger partial charge is 0.502 e. The molecule has 2 aromatic rings. The van der Waals surface area contributed by atoms with Gasteiger partial charge >= 0.3 is 0 Å². The molecule has 0 aliphatic carbocycles. The number of aryl methyl sites for hydroxylation is 1. The third-order valence-corrected chi connectivity index (χ3v) is 3.03. The highest BCUT2D eigenvalue weighted by molar-refractivity contribution is 5.83. The molecule has 0 fully saturated rings. The van der Waals surface area contributed by atoms with Crippen LogP contribution in [0.4, 0.5) is 0 Å². The molecule has 0 aliphatic rings. The molecule has 0 unspecified atom stereocenters. The topological polar surface area (TPSA) is 26.2 Å². The average Bonchev–Trinajstić information content (AvgIpc) is 2.71. The van der Waals surface area contributed by atoms with Gasteiger partial charge in [0.05, 0.1) is 12.9 Å². The molecule has 1 N–H and O–H groups in total. The van der Waals surface area contributed by atoms with E-state index in [1.165, 1.54) is 22.7 Å². The number of hydrogen-bond acceptors (Lipinski definition) is 2. The van der Waals surface area contributed by atoms with Gasteiger partial charge in [-0.1, -0.05) is 24.8 Å². The first-order chi connectivity index (χ1) is 8.83. The van der Waals surface area contributed by atoms with Gasteiger partial charge < -0.3 is 14.6 Å². The van der Waals surface area contributed by atoms with Crippen molar-refractivity contribution in [2.75, 3.05) is 13.2 Å². The van der Waals surface area contributed by atoms with Crippen LogP contribution in [0.15, 0.2) is 43.3 Å². The number of nitrogens with one attached hydrogen (secondary N) is 1. The molecule has 0 saturated heterocycles. The summed E-state index contributed by atoms with van der Waals surface area (Å²) in [7, 11) is 2.09. The second kappa shape index (κ2) is 6.26. The monoisotopic (exact) mass is 244 g/mol. The number of fused-ring (bicyclic) bond motifs is 1. The summed E-state index contributed by atoms with van der Waals surface area (Å²) in [4.78, 5) is 0. The second-order valence-electron chi connectivity index (χ2n) is 4.35. The van der Waals surface area contributed by atoms with Gasteiger partial charge in [0, 0.05) is 30.7 Å². The molecule has 3 nitrogen and oxygen atoms in total. The lowest BCUT2D eigenvalue weighted by molar-refractivity contribution is 0.244. The lowest BCUT2D eigenvalue weighted by atomic mass is 10.2. The smallest absolute Gasteiger partial charge is 0.0885 e. The van der Waals surface area contributed by atoms with Crippen LogP contribution in [-0.2, 0) is 18.3 Å². The van der Waals surface area contributed by atoms with Gasteiger partial charge in [-0.3, -0.25) is 0 Å². The number of rotatable bonds is 7. The zero-order chi connectivity index (χ0) is 12.8. The van der Waals surface area contributed by atoms with Gasteiger partial charge in [-0.2, -0.15) is 0 Å². The van der Waals surface area contributed by atoms with E-state index in [0.29, 0.717) is 0 Å². The van der Waals surface area contributed by atoms with Crippen LogP contribution in [0.2, 0.25) is 0 Å². The van der Waals surface area contributed by atoms with Crippen molar-refractivity contribution in [3.63, 3.8) is 0 Å². The van der Waals surface area contributed by atoms with Crippen LogP contribution in [0.3, 0.4) is 0 Å². The Morgan fingerprint density at radius 3 is 3.06 bits per heavy atom. The first kappa shape index (κ1) is 12.7. The quantitative estimate of drug-likeness (QED) is 0.599. The summed E-state index contributed by atoms with van der Waals surface area (Å²) in [6.07, 6.45) is 4.68. The molecule has 1 aromatic heterocycles. The Hall–Kier alpha value is -1.74. The maximum absolute atomic E-state index is 5.08. The van der Waals surface area contributed by atoms with Crippen LogP contribution in [-0.4, -0.2) is 17.7 Å². The fraction of sp³-hybridized carbons (Fsp3) is 0.333. The van der Waals surface area contributed by atoms with E-state index >= 15 is 0 Å². The van der Waals surface area contributed by atoms with Crippen LogP contribution in [0.5, 0.6) is 0 Å². The maximum Gasteiger partial charge on any atom is 0.0885 e. The Morgan fingerprint density at radius 2 is 2.22 bits per heavy atom. The molecule has 96 valence electrons. The van der Waals surface area contributed by atoms with Gasteiger partial charge in [0.1, 0.15) is 0 Å². The Labute approximate surface area is 108 Å². The van der Waals surface area contributed by atoms with E-state index in [-0.39, 0.29) is 0 Å². The third-order valence-electron chi connectivity index (χ3n) is 3.03. The van der Waals surface area contributed by atoms with Crippen molar-refractivity contribution in [2.24, 2.45) is 7.05 Å². The molecule has 18 heavy (non-hydrogen) atoms. The summed E-state index contributed by atoms with van der Waals surface area (Å²) >= 11 is 0. The summed E-state index contributed by atoms with van der Waals surface area (Å²) in [5, 5.41) is 4.77. The van der Waals surface area contributed by atoms with Gasteiger partial charge in [-0.05, 0) is 24.6 Å². The van der Waals surface area contributed by atoms with Crippen molar-refractivity contribution in [3.8, 4) is 0 Å². The lowest BCUT2D eigenvalue weighted by Gasteiger charge is -2.03. The normalized spacial score (nSPS) is 10.7. The number of hydrogen-bond donors (Lipinski definition) is 1. The molecule has 0 bridgehead atoms. The third kappa shape index (κ3) is 2.93. The Kier molecular flexibility index (Phi) is 4.42. The second-order valence-corrected chi connectivity index (χ2v) is 4.35. The summed E-state index contributed by atoms with van der Waals surface area (Å²) in [5.41, 5.74) is 2.63. The van der Waals surface area contributed by atoms with Crippen LogP contribution >= 0.6 is 0 Å². The Morgan fingerprint density at radius 1 is 1.39 bits per heavy atom. The highest BCUT2D eigenvalue weighted by Gasteiger charge is 2.04. The summed E-state index contributed by atoms with van der Waals surface area (Å²) in [6.45, 7) is 6.10. The van der Waals surface area contributed by atoms with Gasteiger partial charge in [0.2, 0.25) is 0 Å². The SMILES string of the molecule is C=COCCCNCc1cn(C)c2ccccc12. The summed E-state index contributed by atoms with van der Waals surface area (Å²) in [6, 6.07) is 8.49. The number of aromatic nitrogens is 1. The molecule has 0 aliphatic heterocycles. The minimum atomic E-state index is 0.728. The number of para-hydroxylation sites is 1. The first-order valence-corrected chi connectivity index (χ1v) is 6.29. The standard InChI is InChI=1S/C15H20N2O/c1-3-18-10-6-9-16-11-13-12-17(2)15-8-5-4-7-14(13)15/h3-5,7-8,12,16H,1,6,9-11H2,2H3. The molecule has 3 heteroatoms. The predicted octanol–water partition coefficient (Wildman–Crippen LogP) is 2.82. The molecular formula is C15H20N2O. The van der Waals surface area contributed by atoms with Gasteiger partial charge in [-0.15, -0.1) is 0 Å². The highest BCUT2D eigenvalue weighted by atomic mass is 16.5. The van der Waals surface area contributed by atoms with E-state index in [0.717, 1.165) is 26.1 Å². The Bertz CT molecular complexity index is 516.